The summed E-state index contributed by atoms with van der Waals surface area (Å²) in [6, 6.07) is 0. The number of hydrogen-bond donors (Lipinski definition) is 0. The summed E-state index contributed by atoms with van der Waals surface area (Å²) in [5.74, 6) is 0. The summed E-state index contributed by atoms with van der Waals surface area (Å²) >= 11 is 0. The van der Waals surface area contributed by atoms with Crippen molar-refractivity contribution < 1.29 is 29.1 Å². The zero-order valence-corrected chi connectivity index (χ0v) is 6.26. The van der Waals surface area contributed by atoms with E-state index in [-0.39, 0.29) is 17.4 Å². The molecule has 0 saturated heterocycles. The fraction of sp³-hybridized carbons (Fsp3) is 0. The Bertz CT molecular complexity index is 57.3. The number of hydrogen-bond acceptors (Lipinski definition) is 6. The molecule has 0 aromatic rings. The molecule has 0 bridgehead atoms. The third kappa shape index (κ3) is 33800. The van der Waals surface area contributed by atoms with Gasteiger partial charge in [0, 0.05) is 9.17 Å². The van der Waals surface area contributed by atoms with Gasteiger partial charge >= 0.3 is 17.4 Å². The van der Waals surface area contributed by atoms with Crippen LogP contribution in [0, 0.1) is 0 Å². The molecule has 0 radical (unpaired) electrons. The Kier molecular flexibility index (Phi) is 19.6. The molecule has 0 spiro atoms. The molecule has 0 atom stereocenters. The first-order valence-electron chi connectivity index (χ1n) is 1.32. The first-order chi connectivity index (χ1) is 3.46. The molecule has 0 aliphatic heterocycles. The first kappa shape index (κ1) is 16.0. The second-order valence-electron chi connectivity index (χ2n) is 0.539. The predicted octanol–water partition coefficient (Wildman–Crippen LogP) is -7.21. The average Bonchev–Trinajstić information content (AvgIpc) is 1.25. The maximum Gasteiger partial charge on any atom is 3.00 e. The monoisotopic (exact) mass is 162 g/mol. The van der Waals surface area contributed by atoms with Crippen molar-refractivity contribution in [1.82, 2.24) is 0 Å². The van der Waals surface area contributed by atoms with Gasteiger partial charge in [0.1, 0.15) is 0 Å². The Hall–Kier alpha value is 0.0943. The maximum atomic E-state index is 8.52. The minimum Gasteiger partial charge on any atom is -0.907 e. The minimum absolute atomic E-state index is 0. The molecule has 0 fully saturated rings. The van der Waals surface area contributed by atoms with Crippen LogP contribution in [0.2, 0.25) is 0 Å². The minimum atomic E-state index is -3.63. The Labute approximate surface area is 63.6 Å². The van der Waals surface area contributed by atoms with Gasteiger partial charge in [0.2, 0.25) is 0 Å². The molecule has 9 heteroatoms. The molecule has 9 heavy (non-hydrogen) atoms. The summed E-state index contributed by atoms with van der Waals surface area (Å²) in [6.07, 6.45) is 0. The molecule has 6 nitrogen and oxygen atoms in total. The van der Waals surface area contributed by atoms with E-state index in [0.29, 0.717) is 0 Å². The molecule has 0 heterocycles. The SMILES string of the molecule is O=[Si]([O-])[O-].[Al+3].[O-]B([O-])[O-]. The molecular formula is AlBO6Si-2. The smallest absolute Gasteiger partial charge is 0.907 e. The maximum absolute atomic E-state index is 8.52. The second-order valence-corrected chi connectivity index (χ2v) is 1.04. The molecule has 0 saturated carbocycles. The Morgan fingerprint density at radius 2 is 1.11 bits per heavy atom. The van der Waals surface area contributed by atoms with Crippen LogP contribution in [0.25, 0.3) is 0 Å². The quantitative estimate of drug-likeness (QED) is 0.325. The van der Waals surface area contributed by atoms with Crippen molar-refractivity contribution >= 4 is 33.9 Å². The van der Waals surface area contributed by atoms with Crippen molar-refractivity contribution in [2.24, 2.45) is 0 Å². The zero-order valence-electron chi connectivity index (χ0n) is 4.10. The standard InChI is InChI=1S/Al.BO3.O3Si/c;2-1(3)4;1-4(2)3/q+3;-3;-2. The van der Waals surface area contributed by atoms with E-state index in [1.807, 2.05) is 0 Å². The van der Waals surface area contributed by atoms with Gasteiger partial charge < -0.3 is 29.1 Å². The van der Waals surface area contributed by atoms with E-state index < -0.39 is 16.5 Å². The molecule has 0 aliphatic rings. The molecule has 0 rings (SSSR count). The molecule has 0 aromatic heterocycles. The van der Waals surface area contributed by atoms with Crippen molar-refractivity contribution in [3.8, 4) is 0 Å². The number of rotatable bonds is 0. The van der Waals surface area contributed by atoms with Crippen LogP contribution in [0.1, 0.15) is 0 Å². The molecular weight excluding hydrogens is 162 g/mol. The van der Waals surface area contributed by atoms with Crippen LogP contribution in [0.3, 0.4) is 0 Å². The fourth-order valence-electron chi connectivity index (χ4n) is 0. The summed E-state index contributed by atoms with van der Waals surface area (Å²) in [5, 5.41) is 25.2. The molecule has 0 N–H and O–H groups in total. The van der Waals surface area contributed by atoms with E-state index in [4.69, 9.17) is 29.1 Å². The third-order valence-corrected chi connectivity index (χ3v) is 0. The summed E-state index contributed by atoms with van der Waals surface area (Å²) in [5.41, 5.74) is 0. The van der Waals surface area contributed by atoms with Gasteiger partial charge in [0.25, 0.3) is 0 Å². The van der Waals surface area contributed by atoms with Crippen LogP contribution < -0.4 is 24.7 Å². The Morgan fingerprint density at radius 1 is 1.11 bits per heavy atom. The van der Waals surface area contributed by atoms with E-state index in [0.717, 1.165) is 0 Å². The predicted molar refractivity (Wildman–Crippen MR) is 17.9 cm³/mol. The van der Waals surface area contributed by atoms with Gasteiger partial charge in [0.05, 0.1) is 0 Å². The second kappa shape index (κ2) is 11.0. The van der Waals surface area contributed by atoms with Crippen LogP contribution in [0.4, 0.5) is 0 Å². The van der Waals surface area contributed by atoms with Crippen molar-refractivity contribution in [3.63, 3.8) is 0 Å². The summed E-state index contributed by atoms with van der Waals surface area (Å²) in [7, 11) is -6.55. The van der Waals surface area contributed by atoms with E-state index in [9.17, 15) is 0 Å². The molecule has 48 valence electrons. The topological polar surface area (TPSA) is 132 Å². The molecule has 0 aromatic carbocycles. The van der Waals surface area contributed by atoms with Crippen LogP contribution in [-0.4, -0.2) is 33.9 Å². The molecule has 0 unspecified atom stereocenters. The van der Waals surface area contributed by atoms with Gasteiger partial charge in [0.15, 0.2) is 0 Å². The van der Waals surface area contributed by atoms with Gasteiger partial charge in [-0.05, 0) is 0 Å². The average molecular weight is 162 g/mol. The van der Waals surface area contributed by atoms with Gasteiger partial charge in [-0.2, -0.15) is 0 Å². The van der Waals surface area contributed by atoms with Crippen LogP contribution >= 0.6 is 0 Å². The van der Waals surface area contributed by atoms with Gasteiger partial charge in [-0.25, -0.2) is 0 Å². The fourth-order valence-corrected chi connectivity index (χ4v) is 0. The van der Waals surface area contributed by atoms with Gasteiger partial charge in [-0.15, -0.1) is 0 Å². The normalized spacial score (nSPS) is 5.67. The van der Waals surface area contributed by atoms with E-state index in [1.54, 1.807) is 0 Å². The van der Waals surface area contributed by atoms with Crippen molar-refractivity contribution in [1.29, 1.82) is 0 Å². The largest absolute Gasteiger partial charge is 3.00 e. The van der Waals surface area contributed by atoms with Gasteiger partial charge in [-0.3, -0.25) is 7.32 Å². The molecule has 0 amide bonds. The van der Waals surface area contributed by atoms with Crippen molar-refractivity contribution in [3.05, 3.63) is 0 Å². The van der Waals surface area contributed by atoms with E-state index >= 15 is 0 Å². The van der Waals surface area contributed by atoms with Crippen LogP contribution in [-0.2, 0) is 4.46 Å². The molecule has 0 aliphatic carbocycles. The zero-order chi connectivity index (χ0) is 7.15. The Balaban J connectivity index is -0.0000000720. The first-order valence-corrected chi connectivity index (χ1v) is 2.54. The summed E-state index contributed by atoms with van der Waals surface area (Å²) < 4.78 is 8.52. The van der Waals surface area contributed by atoms with Gasteiger partial charge in [-0.1, -0.05) is 0 Å². The Morgan fingerprint density at radius 3 is 1.11 bits per heavy atom. The summed E-state index contributed by atoms with van der Waals surface area (Å²) in [6.45, 7) is 0. The van der Waals surface area contributed by atoms with Crippen molar-refractivity contribution in [2.75, 3.05) is 0 Å². The van der Waals surface area contributed by atoms with Crippen molar-refractivity contribution in [2.45, 2.75) is 0 Å². The third-order valence-electron chi connectivity index (χ3n) is 0. The van der Waals surface area contributed by atoms with Crippen LogP contribution in [0.15, 0.2) is 0 Å². The van der Waals surface area contributed by atoms with E-state index in [2.05, 4.69) is 0 Å². The van der Waals surface area contributed by atoms with Crippen LogP contribution in [0.5, 0.6) is 0 Å². The van der Waals surface area contributed by atoms with E-state index in [1.165, 1.54) is 0 Å². The summed E-state index contributed by atoms with van der Waals surface area (Å²) in [4.78, 5) is 17.0.